The van der Waals surface area contributed by atoms with Gasteiger partial charge in [-0.2, -0.15) is 0 Å². The summed E-state index contributed by atoms with van der Waals surface area (Å²) in [5, 5.41) is 4.84. The average Bonchev–Trinajstić information content (AvgIpc) is 2.47. The van der Waals surface area contributed by atoms with Crippen LogP contribution in [0.3, 0.4) is 0 Å². The van der Waals surface area contributed by atoms with Crippen LogP contribution in [0.25, 0.3) is 0 Å². The van der Waals surface area contributed by atoms with E-state index in [1.54, 1.807) is 12.1 Å². The molecular weight excluding hydrogens is 317 g/mol. The highest BCUT2D eigenvalue weighted by Crippen LogP contribution is 2.31. The molecule has 0 saturated carbocycles. The summed E-state index contributed by atoms with van der Waals surface area (Å²) in [6.07, 6.45) is 0. The van der Waals surface area contributed by atoms with Crippen molar-refractivity contribution in [1.29, 1.82) is 0 Å². The molecule has 2 aromatic rings. The SMILES string of the molecule is Clc1ccc(Cl)c(CNCCOc2ccccc2)c1Cl. The van der Waals surface area contributed by atoms with Crippen molar-refractivity contribution < 1.29 is 4.74 Å². The molecule has 0 aromatic heterocycles. The summed E-state index contributed by atoms with van der Waals surface area (Å²) in [4.78, 5) is 0. The van der Waals surface area contributed by atoms with Crippen LogP contribution in [0.2, 0.25) is 15.1 Å². The normalized spacial score (nSPS) is 10.6. The van der Waals surface area contributed by atoms with Crippen molar-refractivity contribution in [3.63, 3.8) is 0 Å². The molecule has 0 heterocycles. The van der Waals surface area contributed by atoms with E-state index in [-0.39, 0.29) is 0 Å². The summed E-state index contributed by atoms with van der Waals surface area (Å²) in [5.74, 6) is 0.855. The fourth-order valence-corrected chi connectivity index (χ4v) is 2.38. The topological polar surface area (TPSA) is 21.3 Å². The van der Waals surface area contributed by atoms with Gasteiger partial charge in [0.25, 0.3) is 0 Å². The van der Waals surface area contributed by atoms with Gasteiger partial charge in [0.1, 0.15) is 12.4 Å². The van der Waals surface area contributed by atoms with E-state index >= 15 is 0 Å². The molecule has 0 aliphatic carbocycles. The Labute approximate surface area is 133 Å². The molecule has 0 aliphatic rings. The van der Waals surface area contributed by atoms with Gasteiger partial charge in [0.05, 0.1) is 10.0 Å². The smallest absolute Gasteiger partial charge is 0.119 e. The first-order chi connectivity index (χ1) is 9.68. The Balaban J connectivity index is 1.78. The van der Waals surface area contributed by atoms with Crippen LogP contribution >= 0.6 is 34.8 Å². The summed E-state index contributed by atoms with van der Waals surface area (Å²) in [5.41, 5.74) is 0.806. The van der Waals surface area contributed by atoms with E-state index in [2.05, 4.69) is 5.32 Å². The highest BCUT2D eigenvalue weighted by molar-refractivity contribution is 6.44. The summed E-state index contributed by atoms with van der Waals surface area (Å²) in [6, 6.07) is 13.1. The Kier molecular flexibility index (Phi) is 5.99. The van der Waals surface area contributed by atoms with Crippen LogP contribution in [-0.2, 0) is 6.54 Å². The number of para-hydroxylation sites is 1. The van der Waals surface area contributed by atoms with Gasteiger partial charge in [-0.1, -0.05) is 53.0 Å². The summed E-state index contributed by atoms with van der Waals surface area (Å²) in [7, 11) is 0. The zero-order valence-electron chi connectivity index (χ0n) is 10.7. The van der Waals surface area contributed by atoms with Gasteiger partial charge >= 0.3 is 0 Å². The maximum absolute atomic E-state index is 6.12. The predicted octanol–water partition coefficient (Wildman–Crippen LogP) is 4.82. The lowest BCUT2D eigenvalue weighted by Gasteiger charge is -2.10. The summed E-state index contributed by atoms with van der Waals surface area (Å²) < 4.78 is 5.57. The van der Waals surface area contributed by atoms with E-state index in [9.17, 15) is 0 Å². The third-order valence-corrected chi connectivity index (χ3v) is 3.93. The number of halogens is 3. The minimum atomic E-state index is 0.496. The van der Waals surface area contributed by atoms with Crippen LogP contribution in [0.15, 0.2) is 42.5 Å². The lowest BCUT2D eigenvalue weighted by molar-refractivity contribution is 0.313. The number of rotatable bonds is 6. The number of benzene rings is 2. The van der Waals surface area contributed by atoms with Gasteiger partial charge in [-0.25, -0.2) is 0 Å². The molecule has 0 saturated heterocycles. The number of hydrogen-bond acceptors (Lipinski definition) is 2. The summed E-state index contributed by atoms with van der Waals surface area (Å²) in [6.45, 7) is 1.81. The summed E-state index contributed by atoms with van der Waals surface area (Å²) >= 11 is 18.2. The minimum Gasteiger partial charge on any atom is -0.492 e. The molecule has 0 amide bonds. The molecule has 0 fully saturated rings. The first-order valence-electron chi connectivity index (χ1n) is 6.19. The predicted molar refractivity (Wildman–Crippen MR) is 85.1 cm³/mol. The molecule has 2 nitrogen and oxygen atoms in total. The van der Waals surface area contributed by atoms with Gasteiger partial charge in [0.15, 0.2) is 0 Å². The molecule has 0 aliphatic heterocycles. The first-order valence-corrected chi connectivity index (χ1v) is 7.33. The quantitative estimate of drug-likeness (QED) is 0.606. The second-order valence-electron chi connectivity index (χ2n) is 4.16. The van der Waals surface area contributed by atoms with Crippen LogP contribution in [0.5, 0.6) is 5.75 Å². The van der Waals surface area contributed by atoms with Crippen LogP contribution in [-0.4, -0.2) is 13.2 Å². The molecule has 2 rings (SSSR count). The molecule has 0 bridgehead atoms. The molecule has 106 valence electrons. The largest absolute Gasteiger partial charge is 0.492 e. The van der Waals surface area contributed by atoms with Crippen molar-refractivity contribution in [2.24, 2.45) is 0 Å². The van der Waals surface area contributed by atoms with Crippen molar-refractivity contribution in [2.75, 3.05) is 13.2 Å². The highest BCUT2D eigenvalue weighted by Gasteiger charge is 2.08. The standard InChI is InChI=1S/C15H14Cl3NO/c16-13-6-7-14(17)15(18)12(13)10-19-8-9-20-11-4-2-1-3-5-11/h1-7,19H,8-10H2. The molecule has 0 unspecified atom stereocenters. The molecule has 1 N–H and O–H groups in total. The molecule has 20 heavy (non-hydrogen) atoms. The van der Waals surface area contributed by atoms with Gasteiger partial charge < -0.3 is 10.1 Å². The molecule has 5 heteroatoms. The maximum Gasteiger partial charge on any atom is 0.119 e. The third-order valence-electron chi connectivity index (χ3n) is 2.73. The van der Waals surface area contributed by atoms with Crippen molar-refractivity contribution >= 4 is 34.8 Å². The van der Waals surface area contributed by atoms with Crippen molar-refractivity contribution in [3.8, 4) is 5.75 Å². The van der Waals surface area contributed by atoms with Crippen LogP contribution in [0.1, 0.15) is 5.56 Å². The van der Waals surface area contributed by atoms with Gasteiger partial charge in [-0.05, 0) is 24.3 Å². The second-order valence-corrected chi connectivity index (χ2v) is 5.35. The Bertz CT molecular complexity index is 561. The van der Waals surface area contributed by atoms with E-state index in [4.69, 9.17) is 39.5 Å². The zero-order valence-corrected chi connectivity index (χ0v) is 13.0. The van der Waals surface area contributed by atoms with Crippen LogP contribution < -0.4 is 10.1 Å². The van der Waals surface area contributed by atoms with Gasteiger partial charge in [0, 0.05) is 23.7 Å². The molecule has 0 spiro atoms. The number of hydrogen-bond donors (Lipinski definition) is 1. The third kappa shape index (κ3) is 4.29. The van der Waals surface area contributed by atoms with E-state index in [1.165, 1.54) is 0 Å². The van der Waals surface area contributed by atoms with E-state index < -0.39 is 0 Å². The van der Waals surface area contributed by atoms with Crippen molar-refractivity contribution in [2.45, 2.75) is 6.54 Å². The van der Waals surface area contributed by atoms with Crippen molar-refractivity contribution in [3.05, 3.63) is 63.1 Å². The van der Waals surface area contributed by atoms with Gasteiger partial charge in [-0.3, -0.25) is 0 Å². The molecule has 0 radical (unpaired) electrons. The minimum absolute atomic E-state index is 0.496. The second kappa shape index (κ2) is 7.75. The molecule has 2 aromatic carbocycles. The highest BCUT2D eigenvalue weighted by atomic mass is 35.5. The number of ether oxygens (including phenoxy) is 1. The van der Waals surface area contributed by atoms with Crippen LogP contribution in [0, 0.1) is 0 Å². The fourth-order valence-electron chi connectivity index (χ4n) is 1.70. The molecular formula is C15H14Cl3NO. The lowest BCUT2D eigenvalue weighted by Crippen LogP contribution is -2.21. The average molecular weight is 331 g/mol. The van der Waals surface area contributed by atoms with Crippen molar-refractivity contribution in [1.82, 2.24) is 5.32 Å². The van der Waals surface area contributed by atoms with Gasteiger partial charge in [-0.15, -0.1) is 0 Å². The fraction of sp³-hybridized carbons (Fsp3) is 0.200. The van der Waals surface area contributed by atoms with Gasteiger partial charge in [0.2, 0.25) is 0 Å². The van der Waals surface area contributed by atoms with Crippen LogP contribution in [0.4, 0.5) is 0 Å². The maximum atomic E-state index is 6.12. The molecule has 0 atom stereocenters. The Morgan fingerprint density at radius 3 is 2.35 bits per heavy atom. The van der Waals surface area contributed by atoms with E-state index in [0.29, 0.717) is 34.8 Å². The lowest BCUT2D eigenvalue weighted by atomic mass is 10.2. The van der Waals surface area contributed by atoms with E-state index in [1.807, 2.05) is 30.3 Å². The zero-order chi connectivity index (χ0) is 14.4. The Morgan fingerprint density at radius 2 is 1.60 bits per heavy atom. The number of nitrogens with one attached hydrogen (secondary N) is 1. The van der Waals surface area contributed by atoms with E-state index in [0.717, 1.165) is 11.3 Å². The monoisotopic (exact) mass is 329 g/mol. The first kappa shape index (κ1) is 15.5. The Morgan fingerprint density at radius 1 is 0.900 bits per heavy atom. The Hall–Kier alpha value is -0.930.